The lowest BCUT2D eigenvalue weighted by atomic mass is 10.0. The molecular weight excluding hydrogens is 406 g/mol. The standard InChI is InChI=1S/C21H31N3O5S/c1-5-13-22-30(27,28)15-16-9-11-17(12-10-16)23-19(25)18-8-6-7-14-24(18)20(26)29-21(2,3)4/h5,9-12,18,22H,1,6-8,13-15H2,2-4H3,(H,23,25). The van der Waals surface area contributed by atoms with E-state index in [0.29, 0.717) is 24.2 Å². The van der Waals surface area contributed by atoms with E-state index in [9.17, 15) is 18.0 Å². The molecule has 0 aliphatic carbocycles. The third-order valence-corrected chi connectivity index (χ3v) is 5.78. The van der Waals surface area contributed by atoms with Gasteiger partial charge in [-0.15, -0.1) is 6.58 Å². The Bertz CT molecular complexity index is 860. The summed E-state index contributed by atoms with van der Waals surface area (Å²) in [4.78, 5) is 26.8. The highest BCUT2D eigenvalue weighted by atomic mass is 32.2. The Morgan fingerprint density at radius 3 is 2.50 bits per heavy atom. The van der Waals surface area contributed by atoms with E-state index in [4.69, 9.17) is 4.74 Å². The van der Waals surface area contributed by atoms with Crippen molar-refractivity contribution in [3.8, 4) is 0 Å². The van der Waals surface area contributed by atoms with E-state index in [1.165, 1.54) is 11.0 Å². The Labute approximate surface area is 178 Å². The molecule has 0 radical (unpaired) electrons. The number of rotatable bonds is 7. The zero-order chi connectivity index (χ0) is 22.4. The van der Waals surface area contributed by atoms with Gasteiger partial charge in [-0.3, -0.25) is 9.69 Å². The third kappa shape index (κ3) is 7.46. The molecule has 1 saturated heterocycles. The minimum absolute atomic E-state index is 0.163. The number of amides is 2. The molecule has 1 aromatic carbocycles. The Balaban J connectivity index is 2.01. The number of carbonyl (C=O) groups is 2. The zero-order valence-corrected chi connectivity index (χ0v) is 18.6. The molecule has 1 aromatic rings. The summed E-state index contributed by atoms with van der Waals surface area (Å²) in [5.41, 5.74) is 0.499. The maximum atomic E-state index is 12.8. The van der Waals surface area contributed by atoms with Gasteiger partial charge in [-0.1, -0.05) is 18.2 Å². The van der Waals surface area contributed by atoms with Gasteiger partial charge >= 0.3 is 6.09 Å². The fraction of sp³-hybridized carbons (Fsp3) is 0.524. The second-order valence-corrected chi connectivity index (χ2v) is 10.1. The molecule has 2 rings (SSSR count). The van der Waals surface area contributed by atoms with Gasteiger partial charge in [-0.05, 0) is 57.7 Å². The van der Waals surface area contributed by atoms with Gasteiger partial charge in [0.05, 0.1) is 5.75 Å². The number of hydrogen-bond acceptors (Lipinski definition) is 5. The summed E-state index contributed by atoms with van der Waals surface area (Å²) < 4.78 is 31.7. The average molecular weight is 438 g/mol. The van der Waals surface area contributed by atoms with Gasteiger partial charge in [0.1, 0.15) is 11.6 Å². The molecule has 166 valence electrons. The van der Waals surface area contributed by atoms with E-state index in [1.54, 1.807) is 45.0 Å². The van der Waals surface area contributed by atoms with Crippen LogP contribution >= 0.6 is 0 Å². The minimum Gasteiger partial charge on any atom is -0.444 e. The largest absolute Gasteiger partial charge is 0.444 e. The highest BCUT2D eigenvalue weighted by Gasteiger charge is 2.34. The first-order valence-electron chi connectivity index (χ1n) is 9.98. The van der Waals surface area contributed by atoms with Gasteiger partial charge in [0.2, 0.25) is 15.9 Å². The first kappa shape index (κ1) is 23.9. The summed E-state index contributed by atoms with van der Waals surface area (Å²) in [5, 5.41) is 2.82. The van der Waals surface area contributed by atoms with Gasteiger partial charge in [-0.25, -0.2) is 17.9 Å². The molecule has 8 nitrogen and oxygen atoms in total. The number of sulfonamides is 1. The molecule has 0 spiro atoms. The highest BCUT2D eigenvalue weighted by molar-refractivity contribution is 7.88. The van der Waals surface area contributed by atoms with E-state index in [2.05, 4.69) is 16.6 Å². The number of ether oxygens (including phenoxy) is 1. The molecule has 2 amide bonds. The number of hydrogen-bond donors (Lipinski definition) is 2. The van der Waals surface area contributed by atoms with E-state index in [-0.39, 0.29) is 18.2 Å². The van der Waals surface area contributed by atoms with Crippen molar-refractivity contribution in [3.05, 3.63) is 42.5 Å². The lowest BCUT2D eigenvalue weighted by Crippen LogP contribution is -2.51. The first-order valence-corrected chi connectivity index (χ1v) is 11.6. The molecule has 0 saturated carbocycles. The van der Waals surface area contributed by atoms with Crippen molar-refractivity contribution < 1.29 is 22.7 Å². The Hall–Kier alpha value is -2.39. The van der Waals surface area contributed by atoms with Crippen molar-refractivity contribution in [1.82, 2.24) is 9.62 Å². The molecule has 1 fully saturated rings. The summed E-state index contributed by atoms with van der Waals surface area (Å²) in [6.45, 7) is 9.50. The van der Waals surface area contributed by atoms with Gasteiger partial charge in [0, 0.05) is 18.8 Å². The van der Waals surface area contributed by atoms with Gasteiger partial charge in [0.25, 0.3) is 0 Å². The molecule has 1 atom stereocenters. The zero-order valence-electron chi connectivity index (χ0n) is 17.8. The van der Waals surface area contributed by atoms with Crippen molar-refractivity contribution in [2.45, 2.75) is 57.4 Å². The molecule has 0 aromatic heterocycles. The van der Waals surface area contributed by atoms with Crippen molar-refractivity contribution in [2.75, 3.05) is 18.4 Å². The summed E-state index contributed by atoms with van der Waals surface area (Å²) in [5.74, 6) is -0.446. The number of nitrogens with zero attached hydrogens (tertiary/aromatic N) is 1. The highest BCUT2D eigenvalue weighted by Crippen LogP contribution is 2.22. The topological polar surface area (TPSA) is 105 Å². The molecule has 1 heterocycles. The number of likely N-dealkylation sites (tertiary alicyclic amines) is 1. The normalized spacial score (nSPS) is 17.3. The molecule has 1 unspecified atom stereocenters. The van der Waals surface area contributed by atoms with Crippen LogP contribution in [0.15, 0.2) is 36.9 Å². The lowest BCUT2D eigenvalue weighted by Gasteiger charge is -2.35. The lowest BCUT2D eigenvalue weighted by molar-refractivity contribution is -0.122. The maximum absolute atomic E-state index is 12.8. The monoisotopic (exact) mass is 437 g/mol. The van der Waals surface area contributed by atoms with Crippen LogP contribution in [0.4, 0.5) is 10.5 Å². The van der Waals surface area contributed by atoms with Crippen molar-refractivity contribution in [3.63, 3.8) is 0 Å². The number of piperidine rings is 1. The number of carbonyl (C=O) groups excluding carboxylic acids is 2. The van der Waals surface area contributed by atoms with Crippen molar-refractivity contribution in [2.24, 2.45) is 0 Å². The molecule has 1 aliphatic rings. The van der Waals surface area contributed by atoms with Crippen LogP contribution in [0.5, 0.6) is 0 Å². The predicted molar refractivity (Wildman–Crippen MR) is 116 cm³/mol. The Kier molecular flexibility index (Phi) is 8.03. The van der Waals surface area contributed by atoms with Crippen LogP contribution in [0.1, 0.15) is 45.6 Å². The summed E-state index contributed by atoms with van der Waals surface area (Å²) in [6.07, 6.45) is 3.23. The molecule has 2 N–H and O–H groups in total. The third-order valence-electron chi connectivity index (χ3n) is 4.46. The second-order valence-electron chi connectivity index (χ2n) is 8.27. The first-order chi connectivity index (χ1) is 14.0. The minimum atomic E-state index is -3.45. The van der Waals surface area contributed by atoms with Crippen LogP contribution in [-0.2, 0) is 25.3 Å². The summed E-state index contributed by atoms with van der Waals surface area (Å²) >= 11 is 0. The molecule has 30 heavy (non-hydrogen) atoms. The molecule has 9 heteroatoms. The Morgan fingerprint density at radius 1 is 1.23 bits per heavy atom. The number of benzene rings is 1. The number of anilines is 1. The van der Waals surface area contributed by atoms with Gasteiger partial charge in [-0.2, -0.15) is 0 Å². The fourth-order valence-electron chi connectivity index (χ4n) is 3.11. The second kappa shape index (κ2) is 10.1. The van der Waals surface area contributed by atoms with Crippen LogP contribution in [0, 0.1) is 0 Å². The van der Waals surface area contributed by atoms with Gasteiger partial charge in [0.15, 0.2) is 0 Å². The van der Waals surface area contributed by atoms with Crippen LogP contribution < -0.4 is 10.0 Å². The quantitative estimate of drug-likeness (QED) is 0.638. The number of nitrogens with one attached hydrogen (secondary N) is 2. The molecular formula is C21H31N3O5S. The van der Waals surface area contributed by atoms with Crippen molar-refractivity contribution in [1.29, 1.82) is 0 Å². The predicted octanol–water partition coefficient (Wildman–Crippen LogP) is 3.02. The van der Waals surface area contributed by atoms with E-state index in [0.717, 1.165) is 12.8 Å². The van der Waals surface area contributed by atoms with Crippen molar-refractivity contribution >= 4 is 27.7 Å². The van der Waals surface area contributed by atoms with Crippen LogP contribution in [0.25, 0.3) is 0 Å². The van der Waals surface area contributed by atoms with Crippen LogP contribution in [-0.4, -0.2) is 50.1 Å². The molecule has 1 aliphatic heterocycles. The fourth-order valence-corrected chi connectivity index (χ4v) is 4.21. The van der Waals surface area contributed by atoms with E-state index < -0.39 is 27.8 Å². The summed E-state index contributed by atoms with van der Waals surface area (Å²) in [7, 11) is -3.45. The SMILES string of the molecule is C=CCNS(=O)(=O)Cc1ccc(NC(=O)C2CCCCN2C(=O)OC(C)(C)C)cc1. The van der Waals surface area contributed by atoms with Crippen LogP contribution in [0.2, 0.25) is 0 Å². The van der Waals surface area contributed by atoms with E-state index >= 15 is 0 Å². The smallest absolute Gasteiger partial charge is 0.410 e. The average Bonchev–Trinajstić information content (AvgIpc) is 2.66. The van der Waals surface area contributed by atoms with E-state index in [1.807, 2.05) is 0 Å². The van der Waals surface area contributed by atoms with Crippen LogP contribution in [0.3, 0.4) is 0 Å². The van der Waals surface area contributed by atoms with Gasteiger partial charge < -0.3 is 10.1 Å². The Morgan fingerprint density at radius 2 is 1.90 bits per heavy atom. The summed E-state index contributed by atoms with van der Waals surface area (Å²) in [6, 6.07) is 6.00. The molecule has 0 bridgehead atoms. The maximum Gasteiger partial charge on any atom is 0.410 e.